The highest BCUT2D eigenvalue weighted by atomic mass is 19.2. The first-order chi connectivity index (χ1) is 13.7. The summed E-state index contributed by atoms with van der Waals surface area (Å²) < 4.78 is 26.6. The molecular weight excluding hydrogens is 350 g/mol. The van der Waals surface area contributed by atoms with Crippen LogP contribution in [0.25, 0.3) is 5.57 Å². The molecule has 0 heterocycles. The van der Waals surface area contributed by atoms with Gasteiger partial charge in [0.05, 0.1) is 0 Å². The average Bonchev–Trinajstić information content (AvgIpc) is 2.73. The fraction of sp³-hybridized carbons (Fsp3) is 0.615. The van der Waals surface area contributed by atoms with E-state index in [-0.39, 0.29) is 0 Å². The van der Waals surface area contributed by atoms with Crippen molar-refractivity contribution in [3.63, 3.8) is 0 Å². The summed E-state index contributed by atoms with van der Waals surface area (Å²) in [5, 5.41) is 0. The van der Waals surface area contributed by atoms with Gasteiger partial charge in [0.1, 0.15) is 0 Å². The fourth-order valence-corrected chi connectivity index (χ4v) is 4.99. The van der Waals surface area contributed by atoms with Crippen LogP contribution in [0.3, 0.4) is 0 Å². The van der Waals surface area contributed by atoms with E-state index in [4.69, 9.17) is 0 Å². The summed E-state index contributed by atoms with van der Waals surface area (Å²) in [6.07, 6.45) is 23.0. The molecule has 1 atom stereocenters. The van der Waals surface area contributed by atoms with Crippen LogP contribution in [0.2, 0.25) is 0 Å². The van der Waals surface area contributed by atoms with Gasteiger partial charge >= 0.3 is 0 Å². The Morgan fingerprint density at radius 3 is 2.32 bits per heavy atom. The van der Waals surface area contributed by atoms with Gasteiger partial charge in [0.25, 0.3) is 0 Å². The molecular formula is C26H36F2. The van der Waals surface area contributed by atoms with Crippen LogP contribution in [0.15, 0.2) is 36.4 Å². The number of benzene rings is 1. The van der Waals surface area contributed by atoms with E-state index in [9.17, 15) is 8.78 Å². The molecule has 0 nitrogen and oxygen atoms in total. The molecule has 1 fully saturated rings. The maximum Gasteiger partial charge on any atom is 0.159 e. The first-order valence-electron chi connectivity index (χ1n) is 11.5. The Morgan fingerprint density at radius 2 is 1.64 bits per heavy atom. The summed E-state index contributed by atoms with van der Waals surface area (Å²) in [6.45, 7) is 2.28. The molecule has 1 unspecified atom stereocenters. The number of hydrogen-bond donors (Lipinski definition) is 0. The quantitative estimate of drug-likeness (QED) is 0.373. The van der Waals surface area contributed by atoms with Crippen molar-refractivity contribution >= 4 is 5.57 Å². The largest absolute Gasteiger partial charge is 0.204 e. The zero-order valence-electron chi connectivity index (χ0n) is 17.4. The predicted octanol–water partition coefficient (Wildman–Crippen LogP) is 8.48. The number of allylic oxidation sites excluding steroid dienone is 4. The van der Waals surface area contributed by atoms with Crippen LogP contribution < -0.4 is 0 Å². The van der Waals surface area contributed by atoms with Crippen LogP contribution in [0.5, 0.6) is 0 Å². The molecule has 0 aromatic heterocycles. The Bertz CT molecular complexity index is 665. The molecule has 2 aliphatic carbocycles. The second-order valence-electron chi connectivity index (χ2n) is 8.88. The Labute approximate surface area is 170 Å². The predicted molar refractivity (Wildman–Crippen MR) is 115 cm³/mol. The van der Waals surface area contributed by atoms with Crippen molar-refractivity contribution in [3.05, 3.63) is 53.6 Å². The van der Waals surface area contributed by atoms with Crippen LogP contribution in [0.1, 0.15) is 89.5 Å². The molecule has 2 heteroatoms. The number of halogens is 2. The maximum absolute atomic E-state index is 13.5. The van der Waals surface area contributed by atoms with Gasteiger partial charge in [-0.3, -0.25) is 0 Å². The lowest BCUT2D eigenvalue weighted by molar-refractivity contribution is 0.218. The van der Waals surface area contributed by atoms with Gasteiger partial charge in [-0.2, -0.15) is 0 Å². The molecule has 1 aromatic rings. The van der Waals surface area contributed by atoms with Gasteiger partial charge in [0, 0.05) is 0 Å². The molecule has 2 aliphatic rings. The van der Waals surface area contributed by atoms with Crippen molar-refractivity contribution in [3.8, 4) is 0 Å². The van der Waals surface area contributed by atoms with E-state index in [2.05, 4.69) is 25.2 Å². The van der Waals surface area contributed by atoms with Crippen molar-refractivity contribution in [2.24, 2.45) is 17.8 Å². The molecule has 0 amide bonds. The van der Waals surface area contributed by atoms with Crippen molar-refractivity contribution in [1.82, 2.24) is 0 Å². The lowest BCUT2D eigenvalue weighted by Gasteiger charge is -2.33. The van der Waals surface area contributed by atoms with Gasteiger partial charge in [-0.1, -0.05) is 89.0 Å². The SMILES string of the molecule is CCCCCCCC[C@H]1CC[C@H](C2C=CC(c3ccc(F)c(F)c3)=CC2)CC1. The Morgan fingerprint density at radius 1 is 0.893 bits per heavy atom. The second-order valence-corrected chi connectivity index (χ2v) is 8.88. The van der Waals surface area contributed by atoms with Crippen molar-refractivity contribution in [2.45, 2.75) is 84.0 Å². The monoisotopic (exact) mass is 386 g/mol. The highest BCUT2D eigenvalue weighted by molar-refractivity contribution is 5.74. The highest BCUT2D eigenvalue weighted by Gasteiger charge is 2.26. The molecule has 0 saturated heterocycles. The summed E-state index contributed by atoms with van der Waals surface area (Å²) in [5.74, 6) is 0.810. The van der Waals surface area contributed by atoms with Gasteiger partial charge in [-0.15, -0.1) is 0 Å². The van der Waals surface area contributed by atoms with Crippen molar-refractivity contribution in [2.75, 3.05) is 0 Å². The van der Waals surface area contributed by atoms with E-state index in [0.29, 0.717) is 5.92 Å². The summed E-state index contributed by atoms with van der Waals surface area (Å²) >= 11 is 0. The second kappa shape index (κ2) is 10.9. The Balaban J connectivity index is 1.38. The zero-order valence-corrected chi connectivity index (χ0v) is 17.4. The Kier molecular flexibility index (Phi) is 8.30. The minimum absolute atomic E-state index is 0.615. The van der Waals surface area contributed by atoms with E-state index >= 15 is 0 Å². The summed E-state index contributed by atoms with van der Waals surface area (Å²) in [6, 6.07) is 4.19. The third kappa shape index (κ3) is 6.03. The first kappa shape index (κ1) is 21.3. The van der Waals surface area contributed by atoms with Gasteiger partial charge in [-0.25, -0.2) is 8.78 Å². The van der Waals surface area contributed by atoms with Crippen LogP contribution in [0.4, 0.5) is 8.78 Å². The minimum atomic E-state index is -0.778. The topological polar surface area (TPSA) is 0 Å². The van der Waals surface area contributed by atoms with E-state index in [1.165, 1.54) is 82.8 Å². The molecule has 154 valence electrons. The molecule has 28 heavy (non-hydrogen) atoms. The van der Waals surface area contributed by atoms with Crippen LogP contribution in [-0.2, 0) is 0 Å². The van der Waals surface area contributed by atoms with E-state index < -0.39 is 11.6 Å². The third-order valence-electron chi connectivity index (χ3n) is 6.85. The number of hydrogen-bond acceptors (Lipinski definition) is 0. The molecule has 0 aliphatic heterocycles. The molecule has 3 rings (SSSR count). The molecule has 0 radical (unpaired) electrons. The average molecular weight is 387 g/mol. The maximum atomic E-state index is 13.5. The summed E-state index contributed by atoms with van der Waals surface area (Å²) in [4.78, 5) is 0. The number of rotatable bonds is 9. The fourth-order valence-electron chi connectivity index (χ4n) is 4.99. The van der Waals surface area contributed by atoms with Crippen molar-refractivity contribution in [1.29, 1.82) is 0 Å². The normalized spacial score (nSPS) is 25.0. The van der Waals surface area contributed by atoms with Crippen LogP contribution >= 0.6 is 0 Å². The third-order valence-corrected chi connectivity index (χ3v) is 6.85. The van der Waals surface area contributed by atoms with Crippen LogP contribution in [-0.4, -0.2) is 0 Å². The van der Waals surface area contributed by atoms with Crippen LogP contribution in [0, 0.1) is 29.4 Å². The smallest absolute Gasteiger partial charge is 0.159 e. The van der Waals surface area contributed by atoms with Gasteiger partial charge in [-0.05, 0) is 60.3 Å². The standard InChI is InChI=1S/C26H36F2/c1-2-3-4-5-6-7-8-20-9-11-21(12-10-20)22-13-15-23(16-14-22)24-17-18-25(27)26(28)19-24/h13,15-22H,2-12,14H2,1H3/t20-,21-,22?. The van der Waals surface area contributed by atoms with E-state index in [1.54, 1.807) is 6.07 Å². The van der Waals surface area contributed by atoms with E-state index in [0.717, 1.165) is 29.4 Å². The molecule has 1 saturated carbocycles. The zero-order chi connectivity index (χ0) is 19.8. The summed E-state index contributed by atoms with van der Waals surface area (Å²) in [5.41, 5.74) is 1.79. The van der Waals surface area contributed by atoms with Gasteiger partial charge in [0.2, 0.25) is 0 Å². The van der Waals surface area contributed by atoms with Crippen molar-refractivity contribution < 1.29 is 8.78 Å². The van der Waals surface area contributed by atoms with E-state index in [1.807, 2.05) is 0 Å². The lowest BCUT2D eigenvalue weighted by atomic mass is 9.72. The molecule has 1 aromatic carbocycles. The number of unbranched alkanes of at least 4 members (excludes halogenated alkanes) is 5. The Hall–Kier alpha value is -1.44. The first-order valence-corrected chi connectivity index (χ1v) is 11.5. The highest BCUT2D eigenvalue weighted by Crippen LogP contribution is 2.39. The lowest BCUT2D eigenvalue weighted by Crippen LogP contribution is -2.21. The van der Waals surface area contributed by atoms with Gasteiger partial charge < -0.3 is 0 Å². The molecule has 0 N–H and O–H groups in total. The molecule has 0 spiro atoms. The summed E-state index contributed by atoms with van der Waals surface area (Å²) in [7, 11) is 0. The van der Waals surface area contributed by atoms with Gasteiger partial charge in [0.15, 0.2) is 11.6 Å². The molecule has 0 bridgehead atoms. The minimum Gasteiger partial charge on any atom is -0.204 e.